The van der Waals surface area contributed by atoms with Gasteiger partial charge >= 0.3 is 11.9 Å². The van der Waals surface area contributed by atoms with E-state index in [0.717, 1.165) is 36.5 Å². The lowest BCUT2D eigenvalue weighted by Gasteiger charge is -2.11. The minimum absolute atomic E-state index is 0.117. The second kappa shape index (κ2) is 10.6. The molecule has 11 heteroatoms. The maximum atomic E-state index is 13.1. The van der Waals surface area contributed by atoms with E-state index in [0.29, 0.717) is 16.9 Å². The number of carbonyl (C=O) groups excluding carboxylic acids is 3. The van der Waals surface area contributed by atoms with E-state index >= 15 is 0 Å². The maximum Gasteiger partial charge on any atom is 0.341 e. The number of benzene rings is 2. The van der Waals surface area contributed by atoms with E-state index < -0.39 is 22.8 Å². The zero-order chi connectivity index (χ0) is 24.8. The molecule has 1 heterocycles. The number of nitro benzene ring substituents is 1. The maximum absolute atomic E-state index is 13.1. The van der Waals surface area contributed by atoms with Crippen LogP contribution in [0.2, 0.25) is 0 Å². The van der Waals surface area contributed by atoms with Crippen LogP contribution in [0.25, 0.3) is 11.1 Å². The zero-order valence-corrected chi connectivity index (χ0v) is 19.3. The lowest BCUT2D eigenvalue weighted by Crippen LogP contribution is -2.17. The van der Waals surface area contributed by atoms with Gasteiger partial charge in [0.05, 0.1) is 24.2 Å². The molecular formula is C23H20N2O8S. The largest absolute Gasteiger partial charge is 0.497 e. The molecule has 1 amide bonds. The Morgan fingerprint density at radius 3 is 2.41 bits per heavy atom. The smallest absolute Gasteiger partial charge is 0.341 e. The summed E-state index contributed by atoms with van der Waals surface area (Å²) in [6.45, 7) is 2.91. The third-order valence-electron chi connectivity index (χ3n) is 4.57. The molecule has 0 bridgehead atoms. The first kappa shape index (κ1) is 24.4. The van der Waals surface area contributed by atoms with Crippen LogP contribution in [0.5, 0.6) is 11.5 Å². The molecule has 0 saturated heterocycles. The van der Waals surface area contributed by atoms with Crippen molar-refractivity contribution < 1.29 is 33.5 Å². The van der Waals surface area contributed by atoms with Gasteiger partial charge in [0, 0.05) is 30.0 Å². The van der Waals surface area contributed by atoms with Crippen molar-refractivity contribution in [1.29, 1.82) is 0 Å². The lowest BCUT2D eigenvalue weighted by atomic mass is 10.0. The van der Waals surface area contributed by atoms with Crippen molar-refractivity contribution in [3.8, 4) is 22.6 Å². The topological polar surface area (TPSA) is 134 Å². The molecule has 0 aliphatic rings. The molecule has 0 unspecified atom stereocenters. The van der Waals surface area contributed by atoms with Crippen LogP contribution in [0, 0.1) is 10.1 Å². The number of amides is 1. The molecule has 1 aromatic heterocycles. The SMILES string of the molecule is CCOC(=O)c1c(-c2ccc(OC)cc2)csc1NC(=O)c1cc([N+](=O)[O-])ccc1OC(C)=O. The molecule has 0 atom stereocenters. The van der Waals surface area contributed by atoms with Crippen LogP contribution in [0.15, 0.2) is 47.8 Å². The van der Waals surface area contributed by atoms with E-state index in [4.69, 9.17) is 14.2 Å². The molecule has 34 heavy (non-hydrogen) atoms. The molecular weight excluding hydrogens is 464 g/mol. The number of carbonyl (C=O) groups is 3. The van der Waals surface area contributed by atoms with E-state index in [2.05, 4.69) is 5.32 Å². The third-order valence-corrected chi connectivity index (χ3v) is 5.47. The van der Waals surface area contributed by atoms with Gasteiger partial charge < -0.3 is 19.5 Å². The van der Waals surface area contributed by atoms with Gasteiger partial charge in [0.15, 0.2) is 0 Å². The summed E-state index contributed by atoms with van der Waals surface area (Å²) in [7, 11) is 1.54. The second-order valence-electron chi connectivity index (χ2n) is 6.79. The van der Waals surface area contributed by atoms with Gasteiger partial charge in [-0.1, -0.05) is 12.1 Å². The number of hydrogen-bond acceptors (Lipinski definition) is 9. The molecule has 0 fully saturated rings. The molecule has 3 aromatic rings. The number of nitrogens with one attached hydrogen (secondary N) is 1. The number of methoxy groups -OCH3 is 1. The Kier molecular flexibility index (Phi) is 7.59. The van der Waals surface area contributed by atoms with Gasteiger partial charge in [0.1, 0.15) is 22.1 Å². The summed E-state index contributed by atoms with van der Waals surface area (Å²) >= 11 is 1.08. The van der Waals surface area contributed by atoms with Crippen molar-refractivity contribution in [3.05, 3.63) is 69.1 Å². The molecule has 0 radical (unpaired) electrons. The summed E-state index contributed by atoms with van der Waals surface area (Å²) in [4.78, 5) is 47.8. The molecule has 0 aliphatic carbocycles. The van der Waals surface area contributed by atoms with Gasteiger partial charge in [-0.15, -0.1) is 11.3 Å². The lowest BCUT2D eigenvalue weighted by molar-refractivity contribution is -0.384. The first-order valence-electron chi connectivity index (χ1n) is 9.96. The number of nitro groups is 1. The number of hydrogen-bond donors (Lipinski definition) is 1. The van der Waals surface area contributed by atoms with Gasteiger partial charge in [-0.05, 0) is 30.7 Å². The van der Waals surface area contributed by atoms with E-state index in [9.17, 15) is 24.5 Å². The minimum Gasteiger partial charge on any atom is -0.497 e. The Bertz CT molecular complexity index is 1250. The highest BCUT2D eigenvalue weighted by molar-refractivity contribution is 7.15. The Labute approximate surface area is 198 Å². The van der Waals surface area contributed by atoms with E-state index in [1.807, 2.05) is 0 Å². The van der Waals surface area contributed by atoms with Gasteiger partial charge in [0.25, 0.3) is 11.6 Å². The summed E-state index contributed by atoms with van der Waals surface area (Å²) in [5, 5.41) is 15.6. The van der Waals surface area contributed by atoms with Crippen molar-refractivity contribution in [3.63, 3.8) is 0 Å². The predicted octanol–water partition coefficient (Wildman–Crippen LogP) is 4.69. The number of ether oxygens (including phenoxy) is 3. The highest BCUT2D eigenvalue weighted by Crippen LogP contribution is 2.37. The number of esters is 2. The van der Waals surface area contributed by atoms with Gasteiger partial charge in [-0.3, -0.25) is 19.7 Å². The van der Waals surface area contributed by atoms with Crippen molar-refractivity contribution in [2.75, 3.05) is 19.0 Å². The van der Waals surface area contributed by atoms with E-state index in [1.165, 1.54) is 7.11 Å². The monoisotopic (exact) mass is 484 g/mol. The quantitative estimate of drug-likeness (QED) is 0.211. The Balaban J connectivity index is 2.03. The van der Waals surface area contributed by atoms with Crippen LogP contribution in [0.3, 0.4) is 0 Å². The Morgan fingerprint density at radius 1 is 1.12 bits per heavy atom. The van der Waals surface area contributed by atoms with Crippen molar-refractivity contribution in [1.82, 2.24) is 0 Å². The first-order chi connectivity index (χ1) is 16.2. The van der Waals surface area contributed by atoms with Crippen LogP contribution >= 0.6 is 11.3 Å². The molecule has 3 rings (SSSR count). The van der Waals surface area contributed by atoms with Crippen LogP contribution in [0.4, 0.5) is 10.7 Å². The molecule has 0 spiro atoms. The third kappa shape index (κ3) is 5.38. The fraction of sp³-hybridized carbons (Fsp3) is 0.174. The number of rotatable bonds is 8. The average Bonchev–Trinajstić information content (AvgIpc) is 3.22. The predicted molar refractivity (Wildman–Crippen MR) is 125 cm³/mol. The molecule has 0 aliphatic heterocycles. The van der Waals surface area contributed by atoms with Crippen molar-refractivity contribution >= 4 is 39.9 Å². The minimum atomic E-state index is -0.798. The summed E-state index contributed by atoms with van der Waals surface area (Å²) in [6.07, 6.45) is 0. The molecule has 176 valence electrons. The van der Waals surface area contributed by atoms with Gasteiger partial charge in [-0.2, -0.15) is 0 Å². The van der Waals surface area contributed by atoms with Crippen molar-refractivity contribution in [2.45, 2.75) is 13.8 Å². The Hall–Kier alpha value is -4.25. The van der Waals surface area contributed by atoms with Crippen LogP contribution in [-0.4, -0.2) is 36.5 Å². The Morgan fingerprint density at radius 2 is 1.82 bits per heavy atom. The van der Waals surface area contributed by atoms with Crippen LogP contribution in [0.1, 0.15) is 34.6 Å². The fourth-order valence-corrected chi connectivity index (χ4v) is 4.01. The second-order valence-corrected chi connectivity index (χ2v) is 7.67. The van der Waals surface area contributed by atoms with E-state index in [1.54, 1.807) is 36.6 Å². The first-order valence-corrected chi connectivity index (χ1v) is 10.8. The average molecular weight is 484 g/mol. The molecule has 1 N–H and O–H groups in total. The van der Waals surface area contributed by atoms with Crippen LogP contribution < -0.4 is 14.8 Å². The summed E-state index contributed by atoms with van der Waals surface area (Å²) in [5.74, 6) is -1.67. The van der Waals surface area contributed by atoms with Crippen LogP contribution in [-0.2, 0) is 9.53 Å². The number of thiophene rings is 1. The normalized spacial score (nSPS) is 10.3. The highest BCUT2D eigenvalue weighted by atomic mass is 32.1. The van der Waals surface area contributed by atoms with Crippen molar-refractivity contribution in [2.24, 2.45) is 0 Å². The summed E-state index contributed by atoms with van der Waals surface area (Å²) < 4.78 is 15.4. The number of nitrogens with zero attached hydrogens (tertiary/aromatic N) is 1. The highest BCUT2D eigenvalue weighted by Gasteiger charge is 2.25. The van der Waals surface area contributed by atoms with Gasteiger partial charge in [0.2, 0.25) is 0 Å². The molecule has 0 saturated carbocycles. The standard InChI is InChI=1S/C23H20N2O8S/c1-4-32-23(28)20-18(14-5-8-16(31-3)9-6-14)12-34-22(20)24-21(27)17-11-15(25(29)30)7-10-19(17)33-13(2)26/h5-12H,4H2,1-3H3,(H,24,27). The number of non-ortho nitro benzene ring substituents is 1. The molecule has 10 nitrogen and oxygen atoms in total. The fourth-order valence-electron chi connectivity index (χ4n) is 3.06. The summed E-state index contributed by atoms with van der Waals surface area (Å²) in [6, 6.07) is 10.3. The zero-order valence-electron chi connectivity index (χ0n) is 18.4. The van der Waals surface area contributed by atoms with E-state index in [-0.39, 0.29) is 34.2 Å². The number of anilines is 1. The molecule has 2 aromatic carbocycles. The van der Waals surface area contributed by atoms with Gasteiger partial charge in [-0.25, -0.2) is 4.79 Å². The summed E-state index contributed by atoms with van der Waals surface area (Å²) in [5.41, 5.74) is 0.748.